The minimum atomic E-state index is -3.00. The molecule has 0 saturated carbocycles. The minimum absolute atomic E-state index is 0.0426. The first-order valence-corrected chi connectivity index (χ1v) is 7.11. The highest BCUT2D eigenvalue weighted by Gasteiger charge is 2.47. The quantitative estimate of drug-likeness (QED) is 0.754. The second-order valence-electron chi connectivity index (χ2n) is 5.22. The number of carboxylic acid groups (broad SMARTS) is 1. The SMILES string of the molecule is CC(C)(N)C1(CC(=O)O)CCS(=O)(=O)CC1. The maximum atomic E-state index is 11.4. The van der Waals surface area contributed by atoms with Gasteiger partial charge in [-0.15, -0.1) is 0 Å². The van der Waals surface area contributed by atoms with E-state index >= 15 is 0 Å². The molecule has 0 bridgehead atoms. The van der Waals surface area contributed by atoms with Crippen molar-refractivity contribution >= 4 is 15.8 Å². The molecule has 1 aliphatic heterocycles. The summed E-state index contributed by atoms with van der Waals surface area (Å²) in [7, 11) is -3.00. The Balaban J connectivity index is 2.96. The lowest BCUT2D eigenvalue weighted by molar-refractivity contribution is -0.141. The molecule has 0 spiro atoms. The first kappa shape index (κ1) is 13.4. The van der Waals surface area contributed by atoms with Crippen LogP contribution in [0.25, 0.3) is 0 Å². The second-order valence-corrected chi connectivity index (χ2v) is 7.53. The lowest BCUT2D eigenvalue weighted by Gasteiger charge is -2.46. The van der Waals surface area contributed by atoms with Crippen LogP contribution in [-0.2, 0) is 14.6 Å². The number of carbonyl (C=O) groups is 1. The second kappa shape index (κ2) is 4.00. The topological polar surface area (TPSA) is 97.5 Å². The molecule has 94 valence electrons. The van der Waals surface area contributed by atoms with Crippen molar-refractivity contribution < 1.29 is 18.3 Å². The van der Waals surface area contributed by atoms with Crippen LogP contribution >= 0.6 is 0 Å². The Kier molecular flexibility index (Phi) is 3.36. The molecule has 16 heavy (non-hydrogen) atoms. The molecule has 0 aromatic heterocycles. The summed E-state index contributed by atoms with van der Waals surface area (Å²) in [6.07, 6.45) is 0.613. The first-order valence-electron chi connectivity index (χ1n) is 5.29. The molecule has 0 amide bonds. The smallest absolute Gasteiger partial charge is 0.303 e. The molecule has 0 aromatic rings. The van der Waals surface area contributed by atoms with Crippen LogP contribution in [0.3, 0.4) is 0 Å². The first-order chi connectivity index (χ1) is 7.08. The van der Waals surface area contributed by atoms with Gasteiger partial charge < -0.3 is 10.8 Å². The van der Waals surface area contributed by atoms with E-state index in [1.807, 2.05) is 0 Å². The molecule has 1 rings (SSSR count). The third kappa shape index (κ3) is 2.74. The molecule has 0 aromatic carbocycles. The predicted molar refractivity (Wildman–Crippen MR) is 60.8 cm³/mol. The zero-order valence-corrected chi connectivity index (χ0v) is 10.5. The molecule has 0 atom stereocenters. The van der Waals surface area contributed by atoms with E-state index in [1.54, 1.807) is 13.8 Å². The van der Waals surface area contributed by atoms with Crippen LogP contribution in [0.4, 0.5) is 0 Å². The summed E-state index contributed by atoms with van der Waals surface area (Å²) in [6.45, 7) is 3.54. The molecule has 0 aliphatic carbocycles. The van der Waals surface area contributed by atoms with E-state index in [2.05, 4.69) is 0 Å². The minimum Gasteiger partial charge on any atom is -0.481 e. The molecule has 3 N–H and O–H groups in total. The monoisotopic (exact) mass is 249 g/mol. The van der Waals surface area contributed by atoms with Gasteiger partial charge in [-0.05, 0) is 26.7 Å². The van der Waals surface area contributed by atoms with Crippen LogP contribution < -0.4 is 5.73 Å². The third-order valence-electron chi connectivity index (χ3n) is 3.64. The summed E-state index contributed by atoms with van der Waals surface area (Å²) in [5.74, 6) is -0.834. The van der Waals surface area contributed by atoms with Gasteiger partial charge in [-0.3, -0.25) is 4.79 Å². The lowest BCUT2D eigenvalue weighted by atomic mass is 9.66. The Hall–Kier alpha value is -0.620. The van der Waals surface area contributed by atoms with Gasteiger partial charge in [0.2, 0.25) is 0 Å². The number of rotatable bonds is 3. The molecule has 0 unspecified atom stereocenters. The maximum Gasteiger partial charge on any atom is 0.303 e. The van der Waals surface area contributed by atoms with Crippen molar-refractivity contribution in [1.29, 1.82) is 0 Å². The summed E-state index contributed by atoms with van der Waals surface area (Å²) < 4.78 is 22.7. The highest BCUT2D eigenvalue weighted by atomic mass is 32.2. The van der Waals surface area contributed by atoms with Crippen LogP contribution in [-0.4, -0.2) is 36.5 Å². The average Bonchev–Trinajstić information content (AvgIpc) is 2.06. The molecule has 1 saturated heterocycles. The van der Waals surface area contributed by atoms with E-state index in [9.17, 15) is 13.2 Å². The van der Waals surface area contributed by atoms with Crippen molar-refractivity contribution in [3.63, 3.8) is 0 Å². The molecule has 5 nitrogen and oxygen atoms in total. The van der Waals surface area contributed by atoms with Gasteiger partial charge in [-0.2, -0.15) is 0 Å². The van der Waals surface area contributed by atoms with Crippen molar-refractivity contribution in [3.05, 3.63) is 0 Å². The van der Waals surface area contributed by atoms with Gasteiger partial charge in [0, 0.05) is 11.0 Å². The Morgan fingerprint density at radius 1 is 1.38 bits per heavy atom. The summed E-state index contributed by atoms with van der Waals surface area (Å²) in [5, 5.41) is 8.92. The Morgan fingerprint density at radius 3 is 2.12 bits per heavy atom. The summed E-state index contributed by atoms with van der Waals surface area (Å²) >= 11 is 0. The van der Waals surface area contributed by atoms with E-state index in [0.717, 1.165) is 0 Å². The molecule has 1 fully saturated rings. The van der Waals surface area contributed by atoms with E-state index in [-0.39, 0.29) is 17.9 Å². The fourth-order valence-electron chi connectivity index (χ4n) is 2.27. The van der Waals surface area contributed by atoms with Crippen LogP contribution in [0, 0.1) is 5.41 Å². The van der Waals surface area contributed by atoms with Gasteiger partial charge in [0.05, 0.1) is 17.9 Å². The molecule has 1 heterocycles. The maximum absolute atomic E-state index is 11.4. The number of aliphatic carboxylic acids is 1. The van der Waals surface area contributed by atoms with Crippen molar-refractivity contribution in [2.24, 2.45) is 11.1 Å². The standard InChI is InChI=1S/C10H19NO4S/c1-9(2,11)10(7-8(12)13)3-5-16(14,15)6-4-10/h3-7,11H2,1-2H3,(H,12,13). The number of hydrogen-bond acceptors (Lipinski definition) is 4. The van der Waals surface area contributed by atoms with Gasteiger partial charge in [0.15, 0.2) is 0 Å². The van der Waals surface area contributed by atoms with Crippen LogP contribution in [0.5, 0.6) is 0 Å². The average molecular weight is 249 g/mol. The zero-order chi connectivity index (χ0) is 12.6. The number of sulfone groups is 1. The Bertz CT molecular complexity index is 366. The summed E-state index contributed by atoms with van der Waals surface area (Å²) in [4.78, 5) is 10.9. The molecule has 1 aliphatic rings. The summed E-state index contributed by atoms with van der Waals surface area (Å²) in [5.41, 5.74) is 4.74. The van der Waals surface area contributed by atoms with E-state index in [4.69, 9.17) is 10.8 Å². The van der Waals surface area contributed by atoms with E-state index in [0.29, 0.717) is 12.8 Å². The van der Waals surface area contributed by atoms with E-state index < -0.39 is 26.8 Å². The fourth-order valence-corrected chi connectivity index (χ4v) is 3.87. The van der Waals surface area contributed by atoms with Crippen molar-refractivity contribution in [2.75, 3.05) is 11.5 Å². The normalized spacial score (nSPS) is 23.9. The van der Waals surface area contributed by atoms with Crippen LogP contribution in [0.2, 0.25) is 0 Å². The Labute approximate surface area is 95.9 Å². The number of nitrogens with two attached hydrogens (primary N) is 1. The van der Waals surface area contributed by atoms with E-state index in [1.165, 1.54) is 0 Å². The van der Waals surface area contributed by atoms with Crippen LogP contribution in [0.15, 0.2) is 0 Å². The van der Waals surface area contributed by atoms with Gasteiger partial charge in [0.1, 0.15) is 9.84 Å². The van der Waals surface area contributed by atoms with Gasteiger partial charge in [-0.1, -0.05) is 0 Å². The van der Waals surface area contributed by atoms with Crippen molar-refractivity contribution in [3.8, 4) is 0 Å². The molecular weight excluding hydrogens is 230 g/mol. The third-order valence-corrected chi connectivity index (χ3v) is 5.29. The molecule has 6 heteroatoms. The van der Waals surface area contributed by atoms with Gasteiger partial charge in [0.25, 0.3) is 0 Å². The highest BCUT2D eigenvalue weighted by molar-refractivity contribution is 7.91. The lowest BCUT2D eigenvalue weighted by Crippen LogP contribution is -2.55. The fraction of sp³-hybridized carbons (Fsp3) is 0.900. The largest absolute Gasteiger partial charge is 0.481 e. The summed E-state index contributed by atoms with van der Waals surface area (Å²) in [6, 6.07) is 0. The van der Waals surface area contributed by atoms with Crippen molar-refractivity contribution in [2.45, 2.75) is 38.6 Å². The number of hydrogen-bond donors (Lipinski definition) is 2. The Morgan fingerprint density at radius 2 is 1.81 bits per heavy atom. The number of carboxylic acids is 1. The highest BCUT2D eigenvalue weighted by Crippen LogP contribution is 2.43. The zero-order valence-electron chi connectivity index (χ0n) is 9.69. The van der Waals surface area contributed by atoms with Gasteiger partial charge in [-0.25, -0.2) is 8.42 Å². The molecular formula is C10H19NO4S. The van der Waals surface area contributed by atoms with Gasteiger partial charge >= 0.3 is 5.97 Å². The van der Waals surface area contributed by atoms with Crippen molar-refractivity contribution in [1.82, 2.24) is 0 Å². The van der Waals surface area contributed by atoms with Crippen LogP contribution in [0.1, 0.15) is 33.1 Å². The predicted octanol–water partition coefficient (Wildman–Crippen LogP) is 0.393. The molecule has 0 radical (unpaired) electrons.